The number of piperidine rings is 1. The number of halogens is 4. The van der Waals surface area contributed by atoms with Gasteiger partial charge in [-0.3, -0.25) is 4.90 Å². The van der Waals surface area contributed by atoms with Crippen LogP contribution < -0.4 is 9.64 Å². The molecule has 2 saturated heterocycles. The van der Waals surface area contributed by atoms with Crippen LogP contribution in [0.4, 0.5) is 23.9 Å². The lowest BCUT2D eigenvalue weighted by Crippen LogP contribution is -2.57. The molecule has 3 heterocycles. The molecule has 0 bridgehead atoms. The van der Waals surface area contributed by atoms with Gasteiger partial charge in [-0.1, -0.05) is 25.4 Å². The molecule has 0 saturated carbocycles. The van der Waals surface area contributed by atoms with Gasteiger partial charge in [-0.25, -0.2) is 14.8 Å². The molecular weight excluding hydrogens is 599 g/mol. The average molecular weight is 642 g/mol. The summed E-state index contributed by atoms with van der Waals surface area (Å²) >= 11 is 6.15. The number of benzene rings is 1. The van der Waals surface area contributed by atoms with E-state index < -0.39 is 11.7 Å². The monoisotopic (exact) mass is 641 g/mol. The van der Waals surface area contributed by atoms with Gasteiger partial charge in [0.05, 0.1) is 37.3 Å². The highest BCUT2D eigenvalue weighted by Gasteiger charge is 2.41. The molecule has 0 spiro atoms. The zero-order chi connectivity index (χ0) is 31.9. The number of carbonyl (C=O) groups excluding carboxylic acids is 1. The minimum atomic E-state index is -4.54. The Kier molecular flexibility index (Phi) is 12.0. The summed E-state index contributed by atoms with van der Waals surface area (Å²) in [4.78, 5) is 28.3. The Labute approximate surface area is 262 Å². The third-order valence-electron chi connectivity index (χ3n) is 8.09. The lowest BCUT2D eigenvalue weighted by molar-refractivity contribution is -0.137. The fraction of sp³-hybridized carbons (Fsp3) is 0.645. The van der Waals surface area contributed by atoms with Crippen molar-refractivity contribution in [2.75, 3.05) is 44.4 Å². The Morgan fingerprint density at radius 1 is 1.09 bits per heavy atom. The van der Waals surface area contributed by atoms with Gasteiger partial charge in [-0.2, -0.15) is 13.2 Å². The van der Waals surface area contributed by atoms with Crippen LogP contribution in [-0.2, 0) is 22.2 Å². The number of nitrogens with zero attached hydrogens (tertiary/aromatic N) is 5. The molecule has 4 rings (SSSR count). The largest absolute Gasteiger partial charge is 0.489 e. The standard InChI is InChI=1S/C31H43ClF3N5O4/c1-5-25-16-27(17-26(6-2)40(25)30(41)44-21(3)4)39(20-22-13-23(31(33,34)35)15-24(32)14-22)29-36-18-28(19-37-29)43-12-9-38-7-10-42-11-8-38/h13-15,18-19,21,25-27H,5-12,16-17,20H2,1-4H3/t25-,26+,27?. The number of carbonyl (C=O) groups is 1. The molecule has 13 heteroatoms. The number of likely N-dealkylation sites (tertiary alicyclic amines) is 1. The van der Waals surface area contributed by atoms with E-state index in [0.29, 0.717) is 62.8 Å². The molecule has 0 aliphatic carbocycles. The van der Waals surface area contributed by atoms with Crippen molar-refractivity contribution < 1.29 is 32.2 Å². The lowest BCUT2D eigenvalue weighted by Gasteiger charge is -2.47. The van der Waals surface area contributed by atoms with E-state index in [2.05, 4.69) is 14.9 Å². The number of amides is 1. The van der Waals surface area contributed by atoms with Crippen LogP contribution in [0.3, 0.4) is 0 Å². The second-order valence-corrected chi connectivity index (χ2v) is 12.0. The SMILES string of the molecule is CC[C@@H]1CC(N(Cc2cc(Cl)cc(C(F)(F)F)c2)c2ncc(OCCN3CCOCC3)cn2)C[C@H](CC)N1C(=O)OC(C)C. The summed E-state index contributed by atoms with van der Waals surface area (Å²) in [6.45, 7) is 12.1. The Morgan fingerprint density at radius 2 is 1.73 bits per heavy atom. The van der Waals surface area contributed by atoms with Crippen LogP contribution in [0.1, 0.15) is 64.5 Å². The minimum Gasteiger partial charge on any atom is -0.489 e. The van der Waals surface area contributed by atoms with Crippen LogP contribution in [-0.4, -0.2) is 89.5 Å². The quantitative estimate of drug-likeness (QED) is 0.278. The van der Waals surface area contributed by atoms with E-state index in [0.717, 1.165) is 31.8 Å². The Hall–Kier alpha value is -2.83. The van der Waals surface area contributed by atoms with Crippen molar-refractivity contribution in [1.82, 2.24) is 19.8 Å². The van der Waals surface area contributed by atoms with Crippen LogP contribution in [0.15, 0.2) is 30.6 Å². The zero-order valence-corrected chi connectivity index (χ0v) is 26.6. The first-order valence-corrected chi connectivity index (χ1v) is 15.7. The first kappa shape index (κ1) is 34.1. The van der Waals surface area contributed by atoms with Crippen molar-refractivity contribution in [3.05, 3.63) is 46.7 Å². The maximum absolute atomic E-state index is 13.7. The maximum atomic E-state index is 13.7. The molecule has 0 N–H and O–H groups in total. The van der Waals surface area contributed by atoms with E-state index in [4.69, 9.17) is 25.8 Å². The average Bonchev–Trinajstić information content (AvgIpc) is 2.99. The molecule has 3 atom stereocenters. The normalized spacial score (nSPS) is 21.4. The van der Waals surface area contributed by atoms with Crippen LogP contribution in [0.25, 0.3) is 0 Å². The highest BCUT2D eigenvalue weighted by atomic mass is 35.5. The fourth-order valence-electron chi connectivity index (χ4n) is 5.91. The maximum Gasteiger partial charge on any atom is 0.416 e. The van der Waals surface area contributed by atoms with Gasteiger partial charge in [0.25, 0.3) is 0 Å². The number of rotatable bonds is 11. The molecule has 2 fully saturated rings. The van der Waals surface area contributed by atoms with Gasteiger partial charge in [-0.05, 0) is 63.3 Å². The predicted octanol–water partition coefficient (Wildman–Crippen LogP) is 6.43. The van der Waals surface area contributed by atoms with Crippen LogP contribution in [0, 0.1) is 0 Å². The summed E-state index contributed by atoms with van der Waals surface area (Å²) in [6, 6.07) is 3.17. The van der Waals surface area contributed by atoms with Gasteiger partial charge in [0, 0.05) is 49.3 Å². The molecule has 9 nitrogen and oxygen atoms in total. The number of morpholine rings is 1. The molecular formula is C31H43ClF3N5O4. The van der Waals surface area contributed by atoms with Gasteiger partial charge in [0.15, 0.2) is 5.75 Å². The Bertz CT molecular complexity index is 1200. The predicted molar refractivity (Wildman–Crippen MR) is 162 cm³/mol. The van der Waals surface area contributed by atoms with E-state index in [1.807, 2.05) is 37.5 Å². The Morgan fingerprint density at radius 3 is 2.30 bits per heavy atom. The van der Waals surface area contributed by atoms with Crippen molar-refractivity contribution in [3.8, 4) is 5.75 Å². The molecule has 2 aliphatic rings. The highest BCUT2D eigenvalue weighted by Crippen LogP contribution is 2.36. The topological polar surface area (TPSA) is 80.3 Å². The summed E-state index contributed by atoms with van der Waals surface area (Å²) in [5.41, 5.74) is -0.420. The number of aromatic nitrogens is 2. The molecule has 1 unspecified atom stereocenters. The fourth-order valence-corrected chi connectivity index (χ4v) is 6.16. The van der Waals surface area contributed by atoms with Crippen molar-refractivity contribution >= 4 is 23.6 Å². The Balaban J connectivity index is 1.59. The molecule has 2 aliphatic heterocycles. The van der Waals surface area contributed by atoms with E-state index in [1.165, 1.54) is 6.07 Å². The summed E-state index contributed by atoms with van der Waals surface area (Å²) in [5.74, 6) is 0.875. The summed E-state index contributed by atoms with van der Waals surface area (Å²) < 4.78 is 57.8. The van der Waals surface area contributed by atoms with Crippen LogP contribution in [0.5, 0.6) is 5.75 Å². The molecule has 1 aromatic heterocycles. The number of alkyl halides is 3. The first-order valence-electron chi connectivity index (χ1n) is 15.4. The smallest absolute Gasteiger partial charge is 0.416 e. The molecule has 1 amide bonds. The second-order valence-electron chi connectivity index (χ2n) is 11.6. The van der Waals surface area contributed by atoms with E-state index in [-0.39, 0.29) is 41.9 Å². The molecule has 0 radical (unpaired) electrons. The van der Waals surface area contributed by atoms with Gasteiger partial charge >= 0.3 is 12.3 Å². The zero-order valence-electron chi connectivity index (χ0n) is 25.9. The highest BCUT2D eigenvalue weighted by molar-refractivity contribution is 6.30. The number of hydrogen-bond acceptors (Lipinski definition) is 8. The van der Waals surface area contributed by atoms with Gasteiger partial charge in [-0.15, -0.1) is 0 Å². The number of anilines is 1. The lowest BCUT2D eigenvalue weighted by atomic mass is 9.87. The van der Waals surface area contributed by atoms with Crippen molar-refractivity contribution in [2.24, 2.45) is 0 Å². The van der Waals surface area contributed by atoms with Gasteiger partial charge in [0.2, 0.25) is 5.95 Å². The second kappa shape index (κ2) is 15.4. The summed E-state index contributed by atoms with van der Waals surface area (Å²) in [5, 5.41) is 0.00355. The van der Waals surface area contributed by atoms with Crippen LogP contribution in [0.2, 0.25) is 5.02 Å². The minimum absolute atomic E-state index is 0.00355. The molecule has 1 aromatic carbocycles. The molecule has 2 aromatic rings. The van der Waals surface area contributed by atoms with Crippen molar-refractivity contribution in [2.45, 2.75) is 90.3 Å². The number of hydrogen-bond donors (Lipinski definition) is 0. The van der Waals surface area contributed by atoms with Crippen molar-refractivity contribution in [1.29, 1.82) is 0 Å². The third kappa shape index (κ3) is 9.10. The third-order valence-corrected chi connectivity index (χ3v) is 8.31. The summed E-state index contributed by atoms with van der Waals surface area (Å²) in [6.07, 6.45) is 0.602. The van der Waals surface area contributed by atoms with E-state index >= 15 is 0 Å². The van der Waals surface area contributed by atoms with Gasteiger partial charge in [0.1, 0.15) is 6.61 Å². The van der Waals surface area contributed by atoms with Crippen molar-refractivity contribution in [3.63, 3.8) is 0 Å². The first-order chi connectivity index (χ1) is 21.0. The molecule has 44 heavy (non-hydrogen) atoms. The van der Waals surface area contributed by atoms with Gasteiger partial charge < -0.3 is 24.0 Å². The summed E-state index contributed by atoms with van der Waals surface area (Å²) in [7, 11) is 0. The molecule has 244 valence electrons. The number of ether oxygens (including phenoxy) is 3. The van der Waals surface area contributed by atoms with E-state index in [9.17, 15) is 18.0 Å². The van der Waals surface area contributed by atoms with Crippen LogP contribution >= 0.6 is 11.6 Å². The van der Waals surface area contributed by atoms with E-state index in [1.54, 1.807) is 12.4 Å².